The molecular weight excluding hydrogens is 279 g/mol. The minimum Gasteiger partial charge on any atom is -0.371 e. The van der Waals surface area contributed by atoms with E-state index in [0.29, 0.717) is 19.4 Å². The molecule has 0 amide bonds. The zero-order chi connectivity index (χ0) is 16.2. The summed E-state index contributed by atoms with van der Waals surface area (Å²) in [6, 6.07) is 3.76. The van der Waals surface area contributed by atoms with Crippen LogP contribution in [0.5, 0.6) is 0 Å². The van der Waals surface area contributed by atoms with Gasteiger partial charge in [-0.3, -0.25) is 4.79 Å². The first-order valence-electron chi connectivity index (χ1n) is 7.06. The van der Waals surface area contributed by atoms with Gasteiger partial charge in [0.1, 0.15) is 6.29 Å². The molecule has 0 aliphatic rings. The molecule has 0 heterocycles. The minimum absolute atomic E-state index is 0.0418. The molecule has 0 N–H and O–H groups in total. The van der Waals surface area contributed by atoms with Gasteiger partial charge in [-0.2, -0.15) is 13.2 Å². The van der Waals surface area contributed by atoms with Crippen molar-refractivity contribution in [3.63, 3.8) is 0 Å². The van der Waals surface area contributed by atoms with E-state index in [1.165, 1.54) is 12.1 Å². The van der Waals surface area contributed by atoms with E-state index in [0.717, 1.165) is 6.07 Å². The van der Waals surface area contributed by atoms with Crippen molar-refractivity contribution in [2.45, 2.75) is 33.9 Å². The predicted molar refractivity (Wildman–Crippen MR) is 78.7 cm³/mol. The van der Waals surface area contributed by atoms with E-state index in [1.807, 2.05) is 27.7 Å². The maximum Gasteiger partial charge on any atom is 0.418 e. The third kappa shape index (κ3) is 5.06. The number of carbonyl (C=O) groups is 1. The highest BCUT2D eigenvalue weighted by atomic mass is 19.4. The molecule has 1 aromatic carbocycles. The number of carbonyl (C=O) groups excluding carboxylic acids is 1. The molecule has 0 atom stereocenters. The zero-order valence-electron chi connectivity index (χ0n) is 12.9. The molecule has 0 aliphatic carbocycles. The summed E-state index contributed by atoms with van der Waals surface area (Å²) in [6.07, 6.45) is -4.03. The minimum atomic E-state index is -4.47. The summed E-state index contributed by atoms with van der Waals surface area (Å²) >= 11 is 0. The Kier molecular flexibility index (Phi) is 5.81. The Hall–Kier alpha value is -1.52. The van der Waals surface area contributed by atoms with Gasteiger partial charge in [0.05, 0.1) is 5.56 Å². The fourth-order valence-corrected chi connectivity index (χ4v) is 2.28. The Morgan fingerprint density at radius 1 is 1.10 bits per heavy atom. The van der Waals surface area contributed by atoms with Crippen LogP contribution in [0.15, 0.2) is 18.2 Å². The Bertz CT molecular complexity index is 471. The largest absolute Gasteiger partial charge is 0.418 e. The first-order chi connectivity index (χ1) is 9.65. The number of anilines is 1. The highest BCUT2D eigenvalue weighted by molar-refractivity contribution is 5.77. The quantitative estimate of drug-likeness (QED) is 0.714. The van der Waals surface area contributed by atoms with Gasteiger partial charge in [-0.25, -0.2) is 0 Å². The average molecular weight is 301 g/mol. The number of aldehydes is 1. The third-order valence-corrected chi connectivity index (χ3v) is 2.97. The average Bonchev–Trinajstić information content (AvgIpc) is 2.35. The van der Waals surface area contributed by atoms with E-state index in [4.69, 9.17) is 0 Å². The number of benzene rings is 1. The summed E-state index contributed by atoms with van der Waals surface area (Å²) in [5.74, 6) is 0.492. The van der Waals surface area contributed by atoms with Crippen molar-refractivity contribution in [1.82, 2.24) is 0 Å². The standard InChI is InChI=1S/C16H22F3NO/c1-11(2)8-20(9-12(3)4)15-6-5-13(10-21)7-14(15)16(17,18)19/h5-7,10-12H,8-9H2,1-4H3. The van der Waals surface area contributed by atoms with Gasteiger partial charge in [0.15, 0.2) is 0 Å². The van der Waals surface area contributed by atoms with Crippen molar-refractivity contribution in [1.29, 1.82) is 0 Å². The van der Waals surface area contributed by atoms with E-state index in [-0.39, 0.29) is 23.1 Å². The lowest BCUT2D eigenvalue weighted by Crippen LogP contribution is -2.33. The van der Waals surface area contributed by atoms with Crippen LogP contribution in [0.1, 0.15) is 43.6 Å². The maximum absolute atomic E-state index is 13.3. The van der Waals surface area contributed by atoms with E-state index in [1.54, 1.807) is 4.90 Å². The lowest BCUT2D eigenvalue weighted by molar-refractivity contribution is -0.137. The smallest absolute Gasteiger partial charge is 0.371 e. The lowest BCUT2D eigenvalue weighted by Gasteiger charge is -2.31. The van der Waals surface area contributed by atoms with Crippen LogP contribution in [-0.4, -0.2) is 19.4 Å². The molecule has 21 heavy (non-hydrogen) atoms. The van der Waals surface area contributed by atoms with Crippen LogP contribution in [0.3, 0.4) is 0 Å². The molecule has 0 aromatic heterocycles. The van der Waals surface area contributed by atoms with Gasteiger partial charge in [-0.05, 0) is 30.0 Å². The predicted octanol–water partition coefficient (Wildman–Crippen LogP) is 4.64. The fraction of sp³-hybridized carbons (Fsp3) is 0.562. The van der Waals surface area contributed by atoms with E-state index < -0.39 is 11.7 Å². The second-order valence-corrected chi connectivity index (χ2v) is 6.08. The van der Waals surface area contributed by atoms with Crippen LogP contribution in [0.4, 0.5) is 18.9 Å². The molecule has 1 rings (SSSR count). The second-order valence-electron chi connectivity index (χ2n) is 6.08. The van der Waals surface area contributed by atoms with Crippen LogP contribution < -0.4 is 4.90 Å². The molecule has 0 saturated heterocycles. The Morgan fingerprint density at radius 2 is 1.62 bits per heavy atom. The Morgan fingerprint density at radius 3 is 2.00 bits per heavy atom. The number of nitrogens with zero attached hydrogens (tertiary/aromatic N) is 1. The Labute approximate surface area is 123 Å². The normalized spacial score (nSPS) is 12.0. The van der Waals surface area contributed by atoms with Crippen molar-refractivity contribution in [2.24, 2.45) is 11.8 Å². The molecule has 5 heteroatoms. The zero-order valence-corrected chi connectivity index (χ0v) is 12.9. The van der Waals surface area contributed by atoms with Crippen molar-refractivity contribution in [2.75, 3.05) is 18.0 Å². The molecule has 2 nitrogen and oxygen atoms in total. The van der Waals surface area contributed by atoms with Crippen LogP contribution >= 0.6 is 0 Å². The molecule has 0 saturated carbocycles. The molecule has 0 aliphatic heterocycles. The van der Waals surface area contributed by atoms with Crippen LogP contribution in [0.25, 0.3) is 0 Å². The van der Waals surface area contributed by atoms with Crippen molar-refractivity contribution >= 4 is 12.0 Å². The van der Waals surface area contributed by atoms with Gasteiger partial charge in [0, 0.05) is 24.3 Å². The molecule has 0 bridgehead atoms. The number of hydrogen-bond donors (Lipinski definition) is 0. The molecule has 0 unspecified atom stereocenters. The van der Waals surface area contributed by atoms with Gasteiger partial charge < -0.3 is 4.90 Å². The summed E-state index contributed by atoms with van der Waals surface area (Å²) in [5, 5.41) is 0. The molecule has 118 valence electrons. The van der Waals surface area contributed by atoms with Gasteiger partial charge in [-0.1, -0.05) is 27.7 Å². The van der Waals surface area contributed by atoms with Gasteiger partial charge >= 0.3 is 6.18 Å². The van der Waals surface area contributed by atoms with Gasteiger partial charge in [0.25, 0.3) is 0 Å². The number of hydrogen-bond acceptors (Lipinski definition) is 2. The summed E-state index contributed by atoms with van der Waals surface area (Å²) in [5.41, 5.74) is -0.552. The summed E-state index contributed by atoms with van der Waals surface area (Å²) in [6.45, 7) is 8.98. The highest BCUT2D eigenvalue weighted by Gasteiger charge is 2.35. The number of halogens is 3. The van der Waals surface area contributed by atoms with E-state index in [2.05, 4.69) is 0 Å². The van der Waals surface area contributed by atoms with Gasteiger partial charge in [0.2, 0.25) is 0 Å². The fourth-order valence-electron chi connectivity index (χ4n) is 2.28. The summed E-state index contributed by atoms with van der Waals surface area (Å²) in [7, 11) is 0. The van der Waals surface area contributed by atoms with E-state index in [9.17, 15) is 18.0 Å². The lowest BCUT2D eigenvalue weighted by atomic mass is 10.0. The second kappa shape index (κ2) is 6.96. The highest BCUT2D eigenvalue weighted by Crippen LogP contribution is 2.37. The van der Waals surface area contributed by atoms with Crippen molar-refractivity contribution in [3.05, 3.63) is 29.3 Å². The van der Waals surface area contributed by atoms with Crippen LogP contribution in [-0.2, 0) is 6.18 Å². The third-order valence-electron chi connectivity index (χ3n) is 2.97. The molecular formula is C16H22F3NO. The van der Waals surface area contributed by atoms with Gasteiger partial charge in [-0.15, -0.1) is 0 Å². The molecule has 0 radical (unpaired) electrons. The summed E-state index contributed by atoms with van der Waals surface area (Å²) in [4.78, 5) is 12.5. The van der Waals surface area contributed by atoms with Crippen molar-refractivity contribution in [3.8, 4) is 0 Å². The summed E-state index contributed by atoms with van der Waals surface area (Å²) < 4.78 is 39.8. The molecule has 1 aromatic rings. The molecule has 0 spiro atoms. The van der Waals surface area contributed by atoms with Crippen LogP contribution in [0.2, 0.25) is 0 Å². The van der Waals surface area contributed by atoms with Crippen LogP contribution in [0, 0.1) is 11.8 Å². The first kappa shape index (κ1) is 17.5. The molecule has 0 fully saturated rings. The number of rotatable bonds is 6. The van der Waals surface area contributed by atoms with Crippen molar-refractivity contribution < 1.29 is 18.0 Å². The SMILES string of the molecule is CC(C)CN(CC(C)C)c1ccc(C=O)cc1C(F)(F)F. The Balaban J connectivity index is 3.31. The monoisotopic (exact) mass is 301 g/mol. The topological polar surface area (TPSA) is 20.3 Å². The maximum atomic E-state index is 13.3. The first-order valence-corrected chi connectivity index (χ1v) is 7.06. The number of alkyl halides is 3. The van der Waals surface area contributed by atoms with E-state index >= 15 is 0 Å².